The summed E-state index contributed by atoms with van der Waals surface area (Å²) < 4.78 is 4.80. The number of carbonyl (C=O) groups is 2. The average Bonchev–Trinajstić information content (AvgIpc) is 2.80. The highest BCUT2D eigenvalue weighted by atomic mass is 16.5. The lowest BCUT2D eigenvalue weighted by Gasteiger charge is -2.14. The molecule has 2 amide bonds. The van der Waals surface area contributed by atoms with Gasteiger partial charge in [0.2, 0.25) is 5.89 Å². The molecule has 0 bridgehead atoms. The normalized spacial score (nSPS) is 11.9. The van der Waals surface area contributed by atoms with Crippen LogP contribution in [0.2, 0.25) is 0 Å². The SMILES string of the molecule is CCCCC(NC(=O)NCCc1noc(C)n1)C(=O)O. The predicted molar refractivity (Wildman–Crippen MR) is 70.2 cm³/mol. The van der Waals surface area contributed by atoms with Gasteiger partial charge in [-0.05, 0) is 6.42 Å². The van der Waals surface area contributed by atoms with Crippen LogP contribution in [0.4, 0.5) is 4.79 Å². The van der Waals surface area contributed by atoms with Crippen LogP contribution in [0.5, 0.6) is 0 Å². The number of carbonyl (C=O) groups excluding carboxylic acids is 1. The quantitative estimate of drug-likeness (QED) is 0.651. The molecular weight excluding hydrogens is 264 g/mol. The van der Waals surface area contributed by atoms with E-state index < -0.39 is 18.0 Å². The van der Waals surface area contributed by atoms with Crippen LogP contribution >= 0.6 is 0 Å². The number of unbranched alkanes of at least 4 members (excludes halogenated alkanes) is 1. The van der Waals surface area contributed by atoms with E-state index in [9.17, 15) is 9.59 Å². The summed E-state index contributed by atoms with van der Waals surface area (Å²) in [4.78, 5) is 26.5. The second-order valence-corrected chi connectivity index (χ2v) is 4.41. The fourth-order valence-electron chi connectivity index (χ4n) is 1.61. The molecule has 0 aliphatic rings. The molecule has 0 spiro atoms. The molecule has 1 atom stereocenters. The number of hydrogen-bond donors (Lipinski definition) is 3. The molecule has 3 N–H and O–H groups in total. The third-order valence-electron chi connectivity index (χ3n) is 2.65. The van der Waals surface area contributed by atoms with E-state index in [1.807, 2.05) is 6.92 Å². The molecule has 0 radical (unpaired) electrons. The number of aromatic nitrogens is 2. The van der Waals surface area contributed by atoms with Gasteiger partial charge in [0.1, 0.15) is 6.04 Å². The molecule has 1 rings (SSSR count). The van der Waals surface area contributed by atoms with Gasteiger partial charge in [-0.25, -0.2) is 9.59 Å². The maximum absolute atomic E-state index is 11.6. The topological polar surface area (TPSA) is 117 Å². The van der Waals surface area contributed by atoms with E-state index in [4.69, 9.17) is 9.63 Å². The lowest BCUT2D eigenvalue weighted by atomic mass is 10.1. The van der Waals surface area contributed by atoms with Gasteiger partial charge in [0, 0.05) is 19.9 Å². The highest BCUT2D eigenvalue weighted by Gasteiger charge is 2.18. The predicted octanol–water partition coefficient (Wildman–Crippen LogP) is 0.863. The Labute approximate surface area is 116 Å². The number of urea groups is 1. The molecule has 0 aliphatic heterocycles. The summed E-state index contributed by atoms with van der Waals surface area (Å²) in [6, 6.07) is -1.36. The first-order chi connectivity index (χ1) is 9.52. The van der Waals surface area contributed by atoms with Gasteiger partial charge in [-0.1, -0.05) is 24.9 Å². The molecule has 8 nitrogen and oxygen atoms in total. The standard InChI is InChI=1S/C12H20N4O4/c1-3-4-5-9(11(17)18)15-12(19)13-7-6-10-14-8(2)20-16-10/h9H,3-7H2,1-2H3,(H,17,18)(H2,13,15,19). The van der Waals surface area contributed by atoms with E-state index in [0.29, 0.717) is 31.1 Å². The minimum atomic E-state index is -1.03. The molecule has 1 aromatic rings. The van der Waals surface area contributed by atoms with Crippen molar-refractivity contribution >= 4 is 12.0 Å². The summed E-state index contributed by atoms with van der Waals surface area (Å²) in [6.45, 7) is 3.96. The van der Waals surface area contributed by atoms with Gasteiger partial charge >= 0.3 is 12.0 Å². The average molecular weight is 284 g/mol. The Hall–Kier alpha value is -2.12. The zero-order valence-corrected chi connectivity index (χ0v) is 11.7. The molecule has 20 heavy (non-hydrogen) atoms. The van der Waals surface area contributed by atoms with Crippen LogP contribution in [0.3, 0.4) is 0 Å². The molecule has 0 fully saturated rings. The lowest BCUT2D eigenvalue weighted by Crippen LogP contribution is -2.46. The van der Waals surface area contributed by atoms with Crippen LogP contribution in [0.15, 0.2) is 4.52 Å². The third kappa shape index (κ3) is 5.68. The maximum Gasteiger partial charge on any atom is 0.326 e. The van der Waals surface area contributed by atoms with Gasteiger partial charge in [0.25, 0.3) is 0 Å². The minimum absolute atomic E-state index is 0.310. The fourth-order valence-corrected chi connectivity index (χ4v) is 1.61. The van der Waals surface area contributed by atoms with Gasteiger partial charge < -0.3 is 20.3 Å². The van der Waals surface area contributed by atoms with Crippen molar-refractivity contribution in [2.45, 2.75) is 45.6 Å². The molecule has 1 heterocycles. The largest absolute Gasteiger partial charge is 0.480 e. The van der Waals surface area contributed by atoms with Gasteiger partial charge in [-0.3, -0.25) is 0 Å². The van der Waals surface area contributed by atoms with Crippen molar-refractivity contribution in [3.05, 3.63) is 11.7 Å². The number of aryl methyl sites for hydroxylation is 1. The molecule has 112 valence electrons. The highest BCUT2D eigenvalue weighted by molar-refractivity contribution is 5.82. The number of amides is 2. The molecule has 0 saturated carbocycles. The van der Waals surface area contributed by atoms with Gasteiger partial charge in [-0.15, -0.1) is 0 Å². The van der Waals surface area contributed by atoms with Crippen LogP contribution in [-0.2, 0) is 11.2 Å². The van der Waals surface area contributed by atoms with Gasteiger partial charge in [0.15, 0.2) is 5.82 Å². The van der Waals surface area contributed by atoms with Crippen molar-refractivity contribution in [3.8, 4) is 0 Å². The summed E-state index contributed by atoms with van der Waals surface area (Å²) >= 11 is 0. The van der Waals surface area contributed by atoms with Crippen molar-refractivity contribution in [2.24, 2.45) is 0 Å². The second kappa shape index (κ2) is 8.13. The molecular formula is C12H20N4O4. The summed E-state index contributed by atoms with van der Waals surface area (Å²) in [5, 5.41) is 17.7. The van der Waals surface area contributed by atoms with Gasteiger partial charge in [0.05, 0.1) is 0 Å². The van der Waals surface area contributed by atoms with Crippen molar-refractivity contribution in [2.75, 3.05) is 6.54 Å². The molecule has 0 saturated heterocycles. The number of rotatable bonds is 8. The van der Waals surface area contributed by atoms with Crippen LogP contribution in [-0.4, -0.2) is 39.8 Å². The number of carboxylic acid groups (broad SMARTS) is 1. The number of carboxylic acids is 1. The Morgan fingerprint density at radius 1 is 1.45 bits per heavy atom. The van der Waals surface area contributed by atoms with E-state index in [0.717, 1.165) is 12.8 Å². The summed E-state index contributed by atoms with van der Waals surface area (Å²) in [6.07, 6.45) is 2.48. The Morgan fingerprint density at radius 2 is 2.20 bits per heavy atom. The number of hydrogen-bond acceptors (Lipinski definition) is 5. The van der Waals surface area contributed by atoms with E-state index >= 15 is 0 Å². The van der Waals surface area contributed by atoms with Crippen LogP contribution in [0.25, 0.3) is 0 Å². The van der Waals surface area contributed by atoms with Crippen LogP contribution < -0.4 is 10.6 Å². The van der Waals surface area contributed by atoms with Crippen molar-refractivity contribution in [1.82, 2.24) is 20.8 Å². The smallest absolute Gasteiger partial charge is 0.326 e. The van der Waals surface area contributed by atoms with Crippen molar-refractivity contribution in [3.63, 3.8) is 0 Å². The summed E-state index contributed by atoms with van der Waals surface area (Å²) in [7, 11) is 0. The Kier molecular flexibility index (Phi) is 6.48. The van der Waals surface area contributed by atoms with Gasteiger partial charge in [-0.2, -0.15) is 4.98 Å². The fraction of sp³-hybridized carbons (Fsp3) is 0.667. The van der Waals surface area contributed by atoms with E-state index in [1.165, 1.54) is 0 Å². The number of aliphatic carboxylic acids is 1. The summed E-state index contributed by atoms with van der Waals surface area (Å²) in [5.41, 5.74) is 0. The Bertz CT molecular complexity index is 446. The van der Waals surface area contributed by atoms with Crippen LogP contribution in [0.1, 0.15) is 37.9 Å². The number of nitrogens with one attached hydrogen (secondary N) is 2. The first-order valence-electron chi connectivity index (χ1n) is 6.59. The minimum Gasteiger partial charge on any atom is -0.480 e. The Balaban J connectivity index is 2.28. The van der Waals surface area contributed by atoms with Crippen molar-refractivity contribution < 1.29 is 19.2 Å². The highest BCUT2D eigenvalue weighted by Crippen LogP contribution is 2.00. The molecule has 1 aromatic heterocycles. The van der Waals surface area contributed by atoms with E-state index in [-0.39, 0.29) is 0 Å². The zero-order valence-electron chi connectivity index (χ0n) is 11.7. The maximum atomic E-state index is 11.6. The molecule has 0 aliphatic carbocycles. The Morgan fingerprint density at radius 3 is 2.75 bits per heavy atom. The zero-order chi connectivity index (χ0) is 15.0. The third-order valence-corrected chi connectivity index (χ3v) is 2.65. The number of nitrogens with zero attached hydrogens (tertiary/aromatic N) is 2. The van der Waals surface area contributed by atoms with Crippen LogP contribution in [0, 0.1) is 6.92 Å². The van der Waals surface area contributed by atoms with E-state index in [2.05, 4.69) is 20.8 Å². The monoisotopic (exact) mass is 284 g/mol. The summed E-state index contributed by atoms with van der Waals surface area (Å²) in [5.74, 6) is -0.0547. The second-order valence-electron chi connectivity index (χ2n) is 4.41. The molecule has 8 heteroatoms. The van der Waals surface area contributed by atoms with E-state index in [1.54, 1.807) is 6.92 Å². The first kappa shape index (κ1) is 15.9. The molecule has 0 aromatic carbocycles. The molecule has 1 unspecified atom stereocenters. The lowest BCUT2D eigenvalue weighted by molar-refractivity contribution is -0.139. The van der Waals surface area contributed by atoms with Crippen molar-refractivity contribution in [1.29, 1.82) is 0 Å². The first-order valence-corrected chi connectivity index (χ1v) is 6.59.